The van der Waals surface area contributed by atoms with Crippen molar-refractivity contribution in [3.05, 3.63) is 53.8 Å². The molecule has 7 nitrogen and oxygen atoms in total. The minimum absolute atomic E-state index is 0.0352. The highest BCUT2D eigenvalue weighted by molar-refractivity contribution is 8.15. The van der Waals surface area contributed by atoms with E-state index < -0.39 is 17.0 Å². The van der Waals surface area contributed by atoms with Gasteiger partial charge in [-0.3, -0.25) is 19.5 Å². The maximum absolute atomic E-state index is 13.9. The van der Waals surface area contributed by atoms with Crippen molar-refractivity contribution in [1.29, 1.82) is 0 Å². The molecule has 0 spiro atoms. The fraction of sp³-hybridized carbons (Fsp3) is 0.348. The number of nitrogens with one attached hydrogen (secondary N) is 1. The number of carbonyl (C=O) groups excluding carboxylic acids is 2. The van der Waals surface area contributed by atoms with Gasteiger partial charge in [-0.1, -0.05) is 30.0 Å². The number of rotatable bonds is 8. The Kier molecular flexibility index (Phi) is 8.10. The molecule has 0 saturated carbocycles. The lowest BCUT2D eigenvalue weighted by Gasteiger charge is -2.31. The molecule has 0 bridgehead atoms. The Hall–Kier alpha value is -3.07. The maximum Gasteiger partial charge on any atom is 0.238 e. The van der Waals surface area contributed by atoms with Gasteiger partial charge in [0.25, 0.3) is 0 Å². The van der Waals surface area contributed by atoms with E-state index in [1.807, 2.05) is 25.1 Å². The molecule has 1 atom stereocenters. The molecule has 32 heavy (non-hydrogen) atoms. The minimum atomic E-state index is -0.676. The molecule has 1 aliphatic heterocycles. The topological polar surface area (TPSA) is 80.2 Å². The second-order valence-electron chi connectivity index (χ2n) is 7.02. The zero-order valence-electron chi connectivity index (χ0n) is 18.3. The van der Waals surface area contributed by atoms with E-state index in [1.54, 1.807) is 31.3 Å². The average Bonchev–Trinajstić information content (AvgIpc) is 2.80. The number of anilines is 1. The number of amides is 2. The molecule has 1 heterocycles. The van der Waals surface area contributed by atoms with E-state index in [0.29, 0.717) is 36.2 Å². The maximum atomic E-state index is 13.9. The van der Waals surface area contributed by atoms with E-state index in [0.717, 1.165) is 5.56 Å². The summed E-state index contributed by atoms with van der Waals surface area (Å²) in [7, 11) is 3.16. The van der Waals surface area contributed by atoms with Crippen molar-refractivity contribution in [1.82, 2.24) is 4.90 Å². The number of carbonyl (C=O) groups is 2. The van der Waals surface area contributed by atoms with Crippen molar-refractivity contribution in [3.8, 4) is 11.5 Å². The second-order valence-corrected chi connectivity index (χ2v) is 8.19. The first-order valence-corrected chi connectivity index (χ1v) is 11.1. The molecule has 2 aromatic carbocycles. The van der Waals surface area contributed by atoms with Crippen LogP contribution in [0.25, 0.3) is 0 Å². The molecule has 1 fully saturated rings. The monoisotopic (exact) mass is 459 g/mol. The lowest BCUT2D eigenvalue weighted by Crippen LogP contribution is -2.45. The standard InChI is InChI=1S/C23H26FN3O4S/c1-4-27-21(28)14-20(22(29)26-17-8-6-5-7-16(17)24)32-23(27)25-12-11-15-9-10-18(30-2)19(13-15)31-3/h5-10,13,20H,4,11-12,14H2,1-3H3,(H,26,29). The normalized spacial score (nSPS) is 17.4. The number of thioether (sulfide) groups is 1. The zero-order valence-corrected chi connectivity index (χ0v) is 19.1. The molecule has 0 radical (unpaired) electrons. The number of aliphatic imine (C=N–C) groups is 1. The summed E-state index contributed by atoms with van der Waals surface area (Å²) in [6.45, 7) is 2.76. The molecule has 0 aliphatic carbocycles. The molecule has 2 aromatic rings. The second kappa shape index (κ2) is 11.0. The highest BCUT2D eigenvalue weighted by Crippen LogP contribution is 2.29. The smallest absolute Gasteiger partial charge is 0.238 e. The lowest BCUT2D eigenvalue weighted by molar-refractivity contribution is -0.129. The summed E-state index contributed by atoms with van der Waals surface area (Å²) in [5.41, 5.74) is 1.10. The SMILES string of the molecule is CCN1C(=O)CC(C(=O)Nc2ccccc2F)SC1=NCCc1ccc(OC)c(OC)c1. The summed E-state index contributed by atoms with van der Waals surface area (Å²) < 4.78 is 24.5. The molecule has 170 valence electrons. The molecule has 0 aromatic heterocycles. The van der Waals surface area contributed by atoms with Crippen LogP contribution in [-0.4, -0.2) is 54.4 Å². The van der Waals surface area contributed by atoms with Gasteiger partial charge in [-0.05, 0) is 43.2 Å². The number of hydrogen-bond acceptors (Lipinski definition) is 6. The van der Waals surface area contributed by atoms with Crippen molar-refractivity contribution >= 4 is 34.4 Å². The highest BCUT2D eigenvalue weighted by Gasteiger charge is 2.35. The number of hydrogen-bond donors (Lipinski definition) is 1. The molecule has 9 heteroatoms. The van der Waals surface area contributed by atoms with Crippen molar-refractivity contribution < 1.29 is 23.5 Å². The van der Waals surface area contributed by atoms with E-state index in [1.165, 1.54) is 23.9 Å². The Balaban J connectivity index is 1.69. The van der Waals surface area contributed by atoms with E-state index in [-0.39, 0.29) is 18.0 Å². The summed E-state index contributed by atoms with van der Waals surface area (Å²) in [6, 6.07) is 11.6. The zero-order chi connectivity index (χ0) is 23.1. The predicted octanol–water partition coefficient (Wildman–Crippen LogP) is 3.73. The number of benzene rings is 2. The first-order valence-electron chi connectivity index (χ1n) is 10.2. The van der Waals surface area contributed by atoms with Crippen LogP contribution in [0.2, 0.25) is 0 Å². The van der Waals surface area contributed by atoms with E-state index in [9.17, 15) is 14.0 Å². The number of halogens is 1. The number of methoxy groups -OCH3 is 2. The molecule has 3 rings (SSSR count). The number of nitrogens with zero attached hydrogens (tertiary/aromatic N) is 2. The Labute approximate surface area is 191 Å². The third-order valence-corrected chi connectivity index (χ3v) is 6.20. The van der Waals surface area contributed by atoms with Crippen molar-refractivity contribution in [2.24, 2.45) is 4.99 Å². The van der Waals surface area contributed by atoms with Gasteiger partial charge < -0.3 is 14.8 Å². The quantitative estimate of drug-likeness (QED) is 0.651. The first-order chi connectivity index (χ1) is 15.5. The third kappa shape index (κ3) is 5.59. The molecule has 1 unspecified atom stereocenters. The van der Waals surface area contributed by atoms with Gasteiger partial charge in [0.05, 0.1) is 19.9 Å². The largest absolute Gasteiger partial charge is 0.493 e. The van der Waals surface area contributed by atoms with E-state index in [2.05, 4.69) is 10.3 Å². The predicted molar refractivity (Wildman–Crippen MR) is 124 cm³/mol. The Morgan fingerprint density at radius 1 is 1.22 bits per heavy atom. The summed E-state index contributed by atoms with van der Waals surface area (Å²) in [5, 5.41) is 2.39. The van der Waals surface area contributed by atoms with Gasteiger partial charge in [0, 0.05) is 19.5 Å². The lowest BCUT2D eigenvalue weighted by atomic mass is 10.1. The van der Waals surface area contributed by atoms with Crippen molar-refractivity contribution in [3.63, 3.8) is 0 Å². The Morgan fingerprint density at radius 3 is 2.66 bits per heavy atom. The van der Waals surface area contributed by atoms with Crippen LogP contribution in [-0.2, 0) is 16.0 Å². The molecular weight excluding hydrogens is 433 g/mol. The van der Waals surface area contributed by atoms with Crippen LogP contribution in [0.1, 0.15) is 18.9 Å². The average molecular weight is 460 g/mol. The van der Waals surface area contributed by atoms with Crippen molar-refractivity contribution in [2.75, 3.05) is 32.6 Å². The van der Waals surface area contributed by atoms with Crippen LogP contribution >= 0.6 is 11.8 Å². The van der Waals surface area contributed by atoms with Crippen LogP contribution in [0, 0.1) is 5.82 Å². The minimum Gasteiger partial charge on any atom is -0.493 e. The van der Waals surface area contributed by atoms with Gasteiger partial charge in [-0.15, -0.1) is 0 Å². The van der Waals surface area contributed by atoms with Gasteiger partial charge >= 0.3 is 0 Å². The first kappa shape index (κ1) is 23.6. The summed E-state index contributed by atoms with van der Waals surface area (Å²) >= 11 is 1.23. The molecule has 1 aliphatic rings. The number of para-hydroxylation sites is 1. The van der Waals surface area contributed by atoms with Crippen LogP contribution in [0.5, 0.6) is 11.5 Å². The number of ether oxygens (including phenoxy) is 2. The van der Waals surface area contributed by atoms with Gasteiger partial charge in [-0.25, -0.2) is 4.39 Å². The fourth-order valence-corrected chi connectivity index (χ4v) is 4.45. The van der Waals surface area contributed by atoms with Crippen LogP contribution in [0.15, 0.2) is 47.5 Å². The Bertz CT molecular complexity index is 1010. The summed E-state index contributed by atoms with van der Waals surface area (Å²) in [5.74, 6) is 0.172. The van der Waals surface area contributed by atoms with E-state index in [4.69, 9.17) is 9.47 Å². The van der Waals surface area contributed by atoms with Crippen LogP contribution in [0.4, 0.5) is 10.1 Å². The van der Waals surface area contributed by atoms with Gasteiger partial charge in [-0.2, -0.15) is 0 Å². The van der Waals surface area contributed by atoms with Gasteiger partial charge in [0.2, 0.25) is 11.8 Å². The molecular formula is C23H26FN3O4S. The Morgan fingerprint density at radius 2 is 1.97 bits per heavy atom. The van der Waals surface area contributed by atoms with Crippen LogP contribution in [0.3, 0.4) is 0 Å². The van der Waals surface area contributed by atoms with Crippen molar-refractivity contribution in [2.45, 2.75) is 25.0 Å². The summed E-state index contributed by atoms with van der Waals surface area (Å²) in [6.07, 6.45) is 0.662. The number of amidine groups is 1. The third-order valence-electron chi connectivity index (χ3n) is 4.98. The fourth-order valence-electron chi connectivity index (χ4n) is 3.28. The van der Waals surface area contributed by atoms with Crippen LogP contribution < -0.4 is 14.8 Å². The molecule has 1 N–H and O–H groups in total. The summed E-state index contributed by atoms with van der Waals surface area (Å²) in [4.78, 5) is 31.5. The van der Waals surface area contributed by atoms with E-state index >= 15 is 0 Å². The molecule has 1 saturated heterocycles. The highest BCUT2D eigenvalue weighted by atomic mass is 32.2. The van der Waals surface area contributed by atoms with Gasteiger partial charge in [0.15, 0.2) is 16.7 Å². The van der Waals surface area contributed by atoms with Gasteiger partial charge in [0.1, 0.15) is 11.1 Å². The molecule has 2 amide bonds.